The van der Waals surface area contributed by atoms with Gasteiger partial charge in [0.15, 0.2) is 0 Å². The Hall–Kier alpha value is -2.65. The van der Waals surface area contributed by atoms with Crippen molar-refractivity contribution in [1.29, 1.82) is 0 Å². The maximum Gasteiger partial charge on any atom is 0.321 e. The van der Waals surface area contributed by atoms with Crippen molar-refractivity contribution >= 4 is 29.2 Å². The van der Waals surface area contributed by atoms with Crippen LogP contribution in [0.1, 0.15) is 23.5 Å². The lowest BCUT2D eigenvalue weighted by atomic mass is 10.2. The fraction of sp³-hybridized carbons (Fsp3) is 0.389. The molecule has 4 amide bonds. The lowest BCUT2D eigenvalue weighted by Crippen LogP contribution is -2.49. The molecule has 2 aromatic heterocycles. The Morgan fingerprint density at radius 2 is 2.07 bits per heavy atom. The van der Waals surface area contributed by atoms with Crippen LogP contribution in [-0.4, -0.2) is 41.9 Å². The molecule has 0 aromatic carbocycles. The maximum atomic E-state index is 12.4. The van der Waals surface area contributed by atoms with Gasteiger partial charge >= 0.3 is 6.03 Å². The van der Waals surface area contributed by atoms with Crippen molar-refractivity contribution in [2.75, 3.05) is 13.1 Å². The summed E-state index contributed by atoms with van der Waals surface area (Å²) in [4.78, 5) is 39.1. The van der Waals surface area contributed by atoms with Gasteiger partial charge in [-0.25, -0.2) is 4.79 Å². The molecule has 1 aliphatic rings. The van der Waals surface area contributed by atoms with E-state index in [1.165, 1.54) is 11.3 Å². The summed E-state index contributed by atoms with van der Waals surface area (Å²) in [6.45, 7) is 1.33. The van der Waals surface area contributed by atoms with Crippen LogP contribution in [0.15, 0.2) is 40.3 Å². The quantitative estimate of drug-likeness (QED) is 0.664. The van der Waals surface area contributed by atoms with E-state index in [0.29, 0.717) is 31.8 Å². The molecule has 27 heavy (non-hydrogen) atoms. The number of carbonyl (C=O) groups is 3. The molecule has 0 saturated carbocycles. The first kappa shape index (κ1) is 19.1. The highest BCUT2D eigenvalue weighted by Crippen LogP contribution is 2.17. The van der Waals surface area contributed by atoms with E-state index < -0.39 is 11.9 Å². The van der Waals surface area contributed by atoms with E-state index in [1.807, 2.05) is 17.5 Å². The number of nitrogens with zero attached hydrogens (tertiary/aromatic N) is 1. The minimum absolute atomic E-state index is 0.00522. The van der Waals surface area contributed by atoms with Crippen molar-refractivity contribution in [2.45, 2.75) is 32.0 Å². The molecule has 0 radical (unpaired) electrons. The summed E-state index contributed by atoms with van der Waals surface area (Å²) < 4.78 is 5.20. The summed E-state index contributed by atoms with van der Waals surface area (Å²) in [5, 5.41) is 9.70. The molecule has 1 saturated heterocycles. The second-order valence-corrected chi connectivity index (χ2v) is 7.27. The Morgan fingerprint density at radius 1 is 1.19 bits per heavy atom. The number of hydrogen-bond acceptors (Lipinski definition) is 6. The molecule has 0 unspecified atom stereocenters. The highest BCUT2D eigenvalue weighted by molar-refractivity contribution is 7.09. The van der Waals surface area contributed by atoms with Gasteiger partial charge in [0.2, 0.25) is 11.8 Å². The zero-order valence-corrected chi connectivity index (χ0v) is 15.6. The summed E-state index contributed by atoms with van der Waals surface area (Å²) in [5.41, 5.74) is 0. The second kappa shape index (κ2) is 9.33. The van der Waals surface area contributed by atoms with Crippen LogP contribution in [0.25, 0.3) is 0 Å². The number of urea groups is 1. The van der Waals surface area contributed by atoms with Crippen molar-refractivity contribution in [2.24, 2.45) is 0 Å². The fourth-order valence-corrected chi connectivity index (χ4v) is 3.64. The van der Waals surface area contributed by atoms with Gasteiger partial charge in [-0.1, -0.05) is 6.07 Å². The Balaban J connectivity index is 1.41. The number of hydrogen-bond donors (Lipinski definition) is 3. The standard InChI is InChI=1S/C18H22N4O4S/c23-16(21-18(25)20-11-14-5-3-9-27-14)12-22-7-1-6-15(22)17(24)19-10-13-4-2-8-26-13/h2-5,8-9,15H,1,6-7,10-12H2,(H,19,24)(H2,20,21,23,25)/t15-/m1/s1. The average molecular weight is 390 g/mol. The van der Waals surface area contributed by atoms with E-state index in [0.717, 1.165) is 11.3 Å². The molecule has 3 rings (SSSR count). The lowest BCUT2D eigenvalue weighted by Gasteiger charge is -2.22. The minimum Gasteiger partial charge on any atom is -0.467 e. The van der Waals surface area contributed by atoms with Gasteiger partial charge in [0.1, 0.15) is 5.76 Å². The number of thiophene rings is 1. The third kappa shape index (κ3) is 5.66. The summed E-state index contributed by atoms with van der Waals surface area (Å²) >= 11 is 1.53. The van der Waals surface area contributed by atoms with Gasteiger partial charge in [-0.2, -0.15) is 0 Å². The average Bonchev–Trinajstić information content (AvgIpc) is 3.39. The van der Waals surface area contributed by atoms with Gasteiger partial charge in [-0.3, -0.25) is 19.8 Å². The molecule has 1 aliphatic heterocycles. The monoisotopic (exact) mass is 390 g/mol. The Kier molecular flexibility index (Phi) is 6.61. The summed E-state index contributed by atoms with van der Waals surface area (Å²) in [6.07, 6.45) is 3.07. The Bertz CT molecular complexity index is 760. The summed E-state index contributed by atoms with van der Waals surface area (Å²) in [6, 6.07) is 6.44. The van der Waals surface area contributed by atoms with E-state index >= 15 is 0 Å². The van der Waals surface area contributed by atoms with E-state index in [1.54, 1.807) is 23.3 Å². The molecule has 2 aromatic rings. The number of nitrogens with one attached hydrogen (secondary N) is 3. The van der Waals surface area contributed by atoms with E-state index in [2.05, 4.69) is 16.0 Å². The molecule has 0 spiro atoms. The molecule has 1 atom stereocenters. The highest BCUT2D eigenvalue weighted by Gasteiger charge is 2.32. The number of furan rings is 1. The number of likely N-dealkylation sites (tertiary alicyclic amines) is 1. The molecule has 8 nitrogen and oxygen atoms in total. The smallest absolute Gasteiger partial charge is 0.321 e. The van der Waals surface area contributed by atoms with Gasteiger partial charge in [-0.15, -0.1) is 11.3 Å². The molecule has 144 valence electrons. The number of rotatable bonds is 7. The van der Waals surface area contributed by atoms with E-state index in [4.69, 9.17) is 4.42 Å². The van der Waals surface area contributed by atoms with Crippen LogP contribution in [0.3, 0.4) is 0 Å². The summed E-state index contributed by atoms with van der Waals surface area (Å²) in [5.74, 6) is 0.108. The van der Waals surface area contributed by atoms with Gasteiger partial charge in [-0.05, 0) is 43.0 Å². The topological polar surface area (TPSA) is 104 Å². The van der Waals surface area contributed by atoms with Gasteiger partial charge < -0.3 is 15.1 Å². The fourth-order valence-electron chi connectivity index (χ4n) is 2.99. The molecule has 0 aliphatic carbocycles. The highest BCUT2D eigenvalue weighted by atomic mass is 32.1. The Labute approximate surface area is 160 Å². The molecule has 0 bridgehead atoms. The first-order valence-electron chi connectivity index (χ1n) is 8.76. The Morgan fingerprint density at radius 3 is 2.81 bits per heavy atom. The first-order chi connectivity index (χ1) is 13.1. The van der Waals surface area contributed by atoms with Crippen LogP contribution in [0.5, 0.6) is 0 Å². The van der Waals surface area contributed by atoms with Crippen molar-refractivity contribution in [3.63, 3.8) is 0 Å². The number of imide groups is 1. The van der Waals surface area contributed by atoms with Crippen LogP contribution in [-0.2, 0) is 22.7 Å². The third-order valence-corrected chi connectivity index (χ3v) is 5.16. The molecular formula is C18H22N4O4S. The van der Waals surface area contributed by atoms with Crippen LogP contribution in [0.2, 0.25) is 0 Å². The number of carbonyl (C=O) groups excluding carboxylic acids is 3. The van der Waals surface area contributed by atoms with Crippen molar-refractivity contribution in [1.82, 2.24) is 20.9 Å². The van der Waals surface area contributed by atoms with Crippen molar-refractivity contribution < 1.29 is 18.8 Å². The first-order valence-corrected chi connectivity index (χ1v) is 9.64. The molecule has 9 heteroatoms. The molecule has 1 fully saturated rings. The van der Waals surface area contributed by atoms with Crippen LogP contribution in [0, 0.1) is 0 Å². The largest absolute Gasteiger partial charge is 0.467 e. The van der Waals surface area contributed by atoms with Gasteiger partial charge in [0.25, 0.3) is 0 Å². The minimum atomic E-state index is -0.536. The zero-order valence-electron chi connectivity index (χ0n) is 14.8. The van der Waals surface area contributed by atoms with Crippen LogP contribution < -0.4 is 16.0 Å². The van der Waals surface area contributed by atoms with Gasteiger partial charge in [0.05, 0.1) is 31.9 Å². The normalized spacial score (nSPS) is 16.8. The van der Waals surface area contributed by atoms with Crippen LogP contribution >= 0.6 is 11.3 Å². The molecule has 3 N–H and O–H groups in total. The number of amides is 4. The van der Waals surface area contributed by atoms with Gasteiger partial charge in [0, 0.05) is 4.88 Å². The predicted octanol–water partition coefficient (Wildman–Crippen LogP) is 1.45. The van der Waals surface area contributed by atoms with E-state index in [-0.39, 0.29) is 18.5 Å². The summed E-state index contributed by atoms with van der Waals surface area (Å²) in [7, 11) is 0. The second-order valence-electron chi connectivity index (χ2n) is 6.24. The van der Waals surface area contributed by atoms with Crippen LogP contribution in [0.4, 0.5) is 4.79 Å². The predicted molar refractivity (Wildman–Crippen MR) is 99.8 cm³/mol. The zero-order chi connectivity index (χ0) is 19.1. The maximum absolute atomic E-state index is 12.4. The van der Waals surface area contributed by atoms with Crippen molar-refractivity contribution in [3.05, 3.63) is 46.5 Å². The van der Waals surface area contributed by atoms with Crippen molar-refractivity contribution in [3.8, 4) is 0 Å². The molecular weight excluding hydrogens is 368 g/mol. The molecule has 3 heterocycles. The van der Waals surface area contributed by atoms with E-state index in [9.17, 15) is 14.4 Å². The third-order valence-electron chi connectivity index (χ3n) is 4.29. The SMILES string of the molecule is O=C(CN1CCC[C@@H]1C(=O)NCc1ccco1)NC(=O)NCc1cccs1. The lowest BCUT2D eigenvalue weighted by molar-refractivity contribution is -0.127.